The molecular formula is C20H25N5O3. The van der Waals surface area contributed by atoms with Crippen LogP contribution in [0.3, 0.4) is 0 Å². The average molecular weight is 383 g/mol. The van der Waals surface area contributed by atoms with Gasteiger partial charge in [-0.3, -0.25) is 4.98 Å². The highest BCUT2D eigenvalue weighted by atomic mass is 16.4. The Morgan fingerprint density at radius 2 is 2.04 bits per heavy atom. The Labute approximate surface area is 163 Å². The van der Waals surface area contributed by atoms with Crippen LogP contribution in [0.4, 0.5) is 10.6 Å². The largest absolute Gasteiger partial charge is 0.465 e. The quantitative estimate of drug-likeness (QED) is 0.730. The van der Waals surface area contributed by atoms with Gasteiger partial charge in [0.25, 0.3) is 0 Å². The van der Waals surface area contributed by atoms with Crippen LogP contribution in [0.5, 0.6) is 0 Å². The number of aliphatic hydroxyl groups is 1. The van der Waals surface area contributed by atoms with Gasteiger partial charge in [-0.15, -0.1) is 0 Å². The van der Waals surface area contributed by atoms with Gasteiger partial charge in [0, 0.05) is 6.54 Å². The Morgan fingerprint density at radius 3 is 2.68 bits per heavy atom. The first kappa shape index (κ1) is 17.7. The number of nitriles is 1. The van der Waals surface area contributed by atoms with E-state index >= 15 is 0 Å². The van der Waals surface area contributed by atoms with E-state index in [0.717, 1.165) is 32.1 Å². The molecule has 0 aromatic carbocycles. The third-order valence-corrected chi connectivity index (χ3v) is 7.49. The van der Waals surface area contributed by atoms with Crippen LogP contribution in [0.2, 0.25) is 0 Å². The van der Waals surface area contributed by atoms with Gasteiger partial charge in [0.1, 0.15) is 11.9 Å². The molecule has 1 amide bonds. The Kier molecular flexibility index (Phi) is 3.98. The van der Waals surface area contributed by atoms with E-state index in [0.29, 0.717) is 36.5 Å². The second-order valence-electron chi connectivity index (χ2n) is 9.18. The number of aromatic nitrogens is 2. The molecule has 28 heavy (non-hydrogen) atoms. The van der Waals surface area contributed by atoms with Crippen LogP contribution in [-0.4, -0.2) is 55.4 Å². The van der Waals surface area contributed by atoms with Crippen molar-refractivity contribution in [1.29, 1.82) is 5.26 Å². The maximum atomic E-state index is 12.0. The van der Waals surface area contributed by atoms with Crippen LogP contribution in [-0.2, 0) is 0 Å². The van der Waals surface area contributed by atoms with Crippen LogP contribution in [0.15, 0.2) is 12.4 Å². The van der Waals surface area contributed by atoms with Gasteiger partial charge in [-0.2, -0.15) is 5.26 Å². The maximum Gasteiger partial charge on any atom is 0.407 e. The smallest absolute Gasteiger partial charge is 0.407 e. The van der Waals surface area contributed by atoms with Crippen molar-refractivity contribution in [2.24, 2.45) is 23.7 Å². The first-order chi connectivity index (χ1) is 13.5. The predicted molar refractivity (Wildman–Crippen MR) is 99.3 cm³/mol. The van der Waals surface area contributed by atoms with Gasteiger partial charge in [-0.05, 0) is 62.2 Å². The van der Waals surface area contributed by atoms with Gasteiger partial charge in [0.05, 0.1) is 30.1 Å². The minimum absolute atomic E-state index is 0.0588. The molecule has 8 heteroatoms. The summed E-state index contributed by atoms with van der Waals surface area (Å²) in [6.07, 6.45) is 7.54. The molecule has 0 radical (unpaired) electrons. The molecule has 4 aliphatic carbocycles. The molecule has 2 heterocycles. The number of amides is 1. The molecule has 4 bridgehead atoms. The van der Waals surface area contributed by atoms with Crippen molar-refractivity contribution in [2.45, 2.75) is 56.2 Å². The van der Waals surface area contributed by atoms with E-state index in [1.165, 1.54) is 6.20 Å². The number of carboxylic acid groups (broad SMARTS) is 1. The summed E-state index contributed by atoms with van der Waals surface area (Å²) >= 11 is 0. The standard InChI is InChI=1S/C20H25N5O3/c21-8-14-9-22-10-16(23-14)24-15-1-2-25(19(26)27)18(15)17-12-3-11-4-13(17)7-20(28,5-11)6-12/h9-13,15,17-18,28H,1-7H2,(H,23,24)(H,26,27)/t11?,12-,13?,15?,17?,18-,20-/m0/s1. The molecule has 5 fully saturated rings. The van der Waals surface area contributed by atoms with E-state index in [1.807, 2.05) is 6.07 Å². The lowest BCUT2D eigenvalue weighted by Crippen LogP contribution is -2.61. The second-order valence-corrected chi connectivity index (χ2v) is 9.18. The highest BCUT2D eigenvalue weighted by Crippen LogP contribution is 2.60. The van der Waals surface area contributed by atoms with E-state index in [4.69, 9.17) is 5.26 Å². The van der Waals surface area contributed by atoms with Crippen molar-refractivity contribution in [3.63, 3.8) is 0 Å². The molecule has 4 unspecified atom stereocenters. The second kappa shape index (κ2) is 6.31. The summed E-state index contributed by atoms with van der Waals surface area (Å²) in [7, 11) is 0. The molecule has 0 spiro atoms. The van der Waals surface area contributed by atoms with Crippen molar-refractivity contribution in [3.8, 4) is 6.07 Å². The molecule has 1 aromatic heterocycles. The maximum absolute atomic E-state index is 12.0. The van der Waals surface area contributed by atoms with Gasteiger partial charge in [0.15, 0.2) is 5.69 Å². The third kappa shape index (κ3) is 2.80. The molecule has 3 N–H and O–H groups in total. The van der Waals surface area contributed by atoms with Crippen LogP contribution < -0.4 is 5.32 Å². The molecule has 1 aromatic rings. The lowest BCUT2D eigenvalue weighted by molar-refractivity contribution is -0.162. The Morgan fingerprint density at radius 1 is 1.29 bits per heavy atom. The Balaban J connectivity index is 1.44. The summed E-state index contributed by atoms with van der Waals surface area (Å²) in [5, 5.41) is 33.2. The van der Waals surface area contributed by atoms with Crippen molar-refractivity contribution < 1.29 is 15.0 Å². The summed E-state index contributed by atoms with van der Waals surface area (Å²) in [5.74, 6) is 2.12. The number of carbonyl (C=O) groups is 1. The SMILES string of the molecule is N#Cc1cncc(NC2CCN(C(=O)O)[C@@H]2C2C3CC4C[C@H]2C[C@@](O)(C4)C3)n1. The molecule has 1 saturated heterocycles. The van der Waals surface area contributed by atoms with Gasteiger partial charge >= 0.3 is 6.09 Å². The zero-order valence-electron chi connectivity index (χ0n) is 15.7. The van der Waals surface area contributed by atoms with E-state index in [9.17, 15) is 15.0 Å². The fraction of sp³-hybridized carbons (Fsp3) is 0.700. The molecule has 148 valence electrons. The van der Waals surface area contributed by atoms with Crippen LogP contribution in [0.1, 0.15) is 44.2 Å². The fourth-order valence-electron chi connectivity index (χ4n) is 6.93. The number of hydrogen-bond donors (Lipinski definition) is 3. The van der Waals surface area contributed by atoms with Crippen LogP contribution in [0, 0.1) is 35.0 Å². The Hall–Kier alpha value is -2.40. The summed E-state index contributed by atoms with van der Waals surface area (Å²) < 4.78 is 0. The van der Waals surface area contributed by atoms with Gasteiger partial charge < -0.3 is 20.4 Å². The predicted octanol–water partition coefficient (Wildman–Crippen LogP) is 2.07. The van der Waals surface area contributed by atoms with E-state index < -0.39 is 11.7 Å². The molecule has 6 rings (SSSR count). The number of likely N-dealkylation sites (tertiary alicyclic amines) is 1. The lowest BCUT2D eigenvalue weighted by Gasteiger charge is -2.60. The van der Waals surface area contributed by atoms with E-state index in [2.05, 4.69) is 15.3 Å². The topological polar surface area (TPSA) is 122 Å². The monoisotopic (exact) mass is 383 g/mol. The average Bonchev–Trinajstić information content (AvgIpc) is 3.04. The minimum atomic E-state index is -0.876. The fourth-order valence-corrected chi connectivity index (χ4v) is 6.93. The minimum Gasteiger partial charge on any atom is -0.465 e. The summed E-state index contributed by atoms with van der Waals surface area (Å²) in [6.45, 7) is 0.493. The lowest BCUT2D eigenvalue weighted by atomic mass is 9.48. The van der Waals surface area contributed by atoms with Crippen molar-refractivity contribution in [2.75, 3.05) is 11.9 Å². The van der Waals surface area contributed by atoms with Gasteiger partial charge in [-0.1, -0.05) is 0 Å². The zero-order valence-corrected chi connectivity index (χ0v) is 15.7. The molecular weight excluding hydrogens is 358 g/mol. The zero-order chi connectivity index (χ0) is 19.5. The molecule has 4 saturated carbocycles. The summed E-state index contributed by atoms with van der Waals surface area (Å²) in [6, 6.07) is 1.80. The molecule has 8 nitrogen and oxygen atoms in total. The number of anilines is 1. The first-order valence-electron chi connectivity index (χ1n) is 10.2. The number of rotatable bonds is 3. The number of hydrogen-bond acceptors (Lipinski definition) is 6. The van der Waals surface area contributed by atoms with Crippen molar-refractivity contribution in [3.05, 3.63) is 18.1 Å². The highest BCUT2D eigenvalue weighted by molar-refractivity contribution is 5.66. The van der Waals surface area contributed by atoms with Crippen molar-refractivity contribution >= 4 is 11.9 Å². The molecule has 1 aliphatic heterocycles. The van der Waals surface area contributed by atoms with Crippen molar-refractivity contribution in [1.82, 2.24) is 14.9 Å². The molecule has 7 atom stereocenters. The number of nitrogens with one attached hydrogen (secondary N) is 1. The van der Waals surface area contributed by atoms with Crippen LogP contribution >= 0.6 is 0 Å². The molecule has 5 aliphatic rings. The Bertz CT molecular complexity index is 823. The summed E-state index contributed by atoms with van der Waals surface area (Å²) in [5.41, 5.74) is -0.290. The number of nitrogens with zero attached hydrogens (tertiary/aromatic N) is 4. The normalized spacial score (nSPS) is 41.1. The highest BCUT2D eigenvalue weighted by Gasteiger charge is 2.59. The van der Waals surface area contributed by atoms with E-state index in [-0.39, 0.29) is 23.7 Å². The summed E-state index contributed by atoms with van der Waals surface area (Å²) in [4.78, 5) is 21.9. The van der Waals surface area contributed by atoms with Gasteiger partial charge in [-0.25, -0.2) is 9.78 Å². The van der Waals surface area contributed by atoms with Gasteiger partial charge in [0.2, 0.25) is 0 Å². The van der Waals surface area contributed by atoms with Crippen LogP contribution in [0.25, 0.3) is 0 Å². The first-order valence-corrected chi connectivity index (χ1v) is 10.2. The van der Waals surface area contributed by atoms with E-state index in [1.54, 1.807) is 11.1 Å². The third-order valence-electron chi connectivity index (χ3n) is 7.49.